The Labute approximate surface area is 187 Å². The minimum absolute atomic E-state index is 0.0236. The van der Waals surface area contributed by atoms with E-state index in [1.54, 1.807) is 50.2 Å². The number of benzene rings is 2. The predicted octanol–water partition coefficient (Wildman–Crippen LogP) is 3.96. The lowest BCUT2D eigenvalue weighted by Crippen LogP contribution is -2.30. The summed E-state index contributed by atoms with van der Waals surface area (Å²) in [4.78, 5) is 17.0. The SMILES string of the molecule is CCOc1ncccc1C(=O)Nc1cc(S(=O)(=O)N(CC)c2ccccc2)ccc1OC. The highest BCUT2D eigenvalue weighted by atomic mass is 32.2. The van der Waals surface area contributed by atoms with Gasteiger partial charge < -0.3 is 14.8 Å². The standard InChI is InChI=1S/C23H25N3O5S/c1-4-26(17-10-7-6-8-11-17)32(28,29)18-13-14-21(30-3)20(16-18)25-22(27)19-12-9-15-24-23(19)31-5-2/h6-16H,4-5H2,1-3H3,(H,25,27). The van der Waals surface area contributed by atoms with Crippen molar-refractivity contribution in [3.8, 4) is 11.6 Å². The quantitative estimate of drug-likeness (QED) is 0.525. The van der Waals surface area contributed by atoms with E-state index in [0.717, 1.165) is 0 Å². The lowest BCUT2D eigenvalue weighted by Gasteiger charge is -2.23. The number of aromatic nitrogens is 1. The molecule has 1 N–H and O–H groups in total. The maximum Gasteiger partial charge on any atom is 0.264 e. The molecule has 8 nitrogen and oxygen atoms in total. The highest BCUT2D eigenvalue weighted by Crippen LogP contribution is 2.31. The van der Waals surface area contributed by atoms with Gasteiger partial charge in [0.25, 0.3) is 15.9 Å². The third-order valence-corrected chi connectivity index (χ3v) is 6.53. The number of sulfonamides is 1. The number of para-hydroxylation sites is 1. The van der Waals surface area contributed by atoms with Gasteiger partial charge in [-0.1, -0.05) is 18.2 Å². The number of pyridine rings is 1. The van der Waals surface area contributed by atoms with Crippen molar-refractivity contribution < 1.29 is 22.7 Å². The molecule has 0 aliphatic heterocycles. The van der Waals surface area contributed by atoms with Crippen molar-refractivity contribution in [1.82, 2.24) is 4.98 Å². The summed E-state index contributed by atoms with van der Waals surface area (Å²) in [6, 6.07) is 16.4. The number of carbonyl (C=O) groups excluding carboxylic acids is 1. The van der Waals surface area contributed by atoms with Crippen LogP contribution in [0.3, 0.4) is 0 Å². The first-order valence-electron chi connectivity index (χ1n) is 10.1. The molecule has 0 spiro atoms. The normalized spacial score (nSPS) is 11.0. The maximum atomic E-state index is 13.4. The number of nitrogens with zero attached hydrogens (tertiary/aromatic N) is 2. The van der Waals surface area contributed by atoms with Crippen LogP contribution in [0.25, 0.3) is 0 Å². The van der Waals surface area contributed by atoms with Crippen LogP contribution < -0.4 is 19.1 Å². The minimum Gasteiger partial charge on any atom is -0.495 e. The van der Waals surface area contributed by atoms with Crippen LogP contribution in [0, 0.1) is 0 Å². The molecule has 0 atom stereocenters. The Kier molecular flexibility index (Phi) is 7.32. The van der Waals surface area contributed by atoms with Gasteiger partial charge >= 0.3 is 0 Å². The average molecular weight is 456 g/mol. The van der Waals surface area contributed by atoms with Gasteiger partial charge in [-0.05, 0) is 56.3 Å². The highest BCUT2D eigenvalue weighted by molar-refractivity contribution is 7.92. The molecule has 0 unspecified atom stereocenters. The van der Waals surface area contributed by atoms with Gasteiger partial charge in [0.2, 0.25) is 5.88 Å². The molecule has 0 saturated carbocycles. The van der Waals surface area contributed by atoms with Crippen LogP contribution >= 0.6 is 0 Å². The summed E-state index contributed by atoms with van der Waals surface area (Å²) < 4.78 is 38.8. The van der Waals surface area contributed by atoms with Gasteiger partial charge in [0.1, 0.15) is 11.3 Å². The number of ether oxygens (including phenoxy) is 2. The van der Waals surface area contributed by atoms with Gasteiger partial charge in [0.05, 0.1) is 30.0 Å². The smallest absolute Gasteiger partial charge is 0.264 e. The molecule has 32 heavy (non-hydrogen) atoms. The van der Waals surface area contributed by atoms with Crippen molar-refractivity contribution in [3.05, 3.63) is 72.4 Å². The minimum atomic E-state index is -3.88. The summed E-state index contributed by atoms with van der Waals surface area (Å²) in [5.74, 6) is 0.0168. The Morgan fingerprint density at radius 1 is 1.06 bits per heavy atom. The third-order valence-electron chi connectivity index (χ3n) is 4.64. The van der Waals surface area contributed by atoms with Crippen molar-refractivity contribution in [1.29, 1.82) is 0 Å². The fourth-order valence-corrected chi connectivity index (χ4v) is 4.66. The molecule has 9 heteroatoms. The number of amides is 1. The van der Waals surface area contributed by atoms with E-state index in [4.69, 9.17) is 9.47 Å². The third kappa shape index (κ3) is 4.83. The summed E-state index contributed by atoms with van der Waals surface area (Å²) in [7, 11) is -2.44. The van der Waals surface area contributed by atoms with Crippen molar-refractivity contribution in [2.24, 2.45) is 0 Å². The summed E-state index contributed by atoms with van der Waals surface area (Å²) >= 11 is 0. The zero-order valence-corrected chi connectivity index (χ0v) is 18.9. The van der Waals surface area contributed by atoms with E-state index in [9.17, 15) is 13.2 Å². The fraction of sp³-hybridized carbons (Fsp3) is 0.217. The fourth-order valence-electron chi connectivity index (χ4n) is 3.16. The molecule has 2 aromatic carbocycles. The monoisotopic (exact) mass is 455 g/mol. The lowest BCUT2D eigenvalue weighted by atomic mass is 10.2. The number of nitrogens with one attached hydrogen (secondary N) is 1. The Bertz CT molecular complexity index is 1180. The largest absolute Gasteiger partial charge is 0.495 e. The van der Waals surface area contributed by atoms with Gasteiger partial charge in [0.15, 0.2) is 0 Å². The van der Waals surface area contributed by atoms with Gasteiger partial charge in [-0.2, -0.15) is 0 Å². The lowest BCUT2D eigenvalue weighted by molar-refractivity contribution is 0.102. The Morgan fingerprint density at radius 2 is 1.81 bits per heavy atom. The maximum absolute atomic E-state index is 13.4. The van der Waals surface area contributed by atoms with E-state index >= 15 is 0 Å². The van der Waals surface area contributed by atoms with Crippen LogP contribution in [-0.2, 0) is 10.0 Å². The molecule has 0 radical (unpaired) electrons. The zero-order chi connectivity index (χ0) is 23.1. The molecule has 0 aliphatic rings. The molecule has 1 amide bonds. The van der Waals surface area contributed by atoms with Crippen molar-refractivity contribution in [3.63, 3.8) is 0 Å². The number of hydrogen-bond acceptors (Lipinski definition) is 6. The van der Waals surface area contributed by atoms with E-state index in [-0.39, 0.29) is 28.6 Å². The van der Waals surface area contributed by atoms with Crippen molar-refractivity contribution in [2.45, 2.75) is 18.7 Å². The second kappa shape index (κ2) is 10.1. The van der Waals surface area contributed by atoms with E-state index in [2.05, 4.69) is 10.3 Å². The van der Waals surface area contributed by atoms with Crippen LogP contribution in [0.1, 0.15) is 24.2 Å². The Balaban J connectivity index is 1.98. The second-order valence-corrected chi connectivity index (χ2v) is 8.47. The van der Waals surface area contributed by atoms with Crippen molar-refractivity contribution >= 4 is 27.3 Å². The average Bonchev–Trinajstić information content (AvgIpc) is 2.80. The van der Waals surface area contributed by atoms with E-state index < -0.39 is 15.9 Å². The van der Waals surface area contributed by atoms with Gasteiger partial charge in [-0.3, -0.25) is 9.10 Å². The number of hydrogen-bond donors (Lipinski definition) is 1. The van der Waals surface area contributed by atoms with Gasteiger partial charge in [-0.25, -0.2) is 13.4 Å². The van der Waals surface area contributed by atoms with E-state index in [0.29, 0.717) is 18.0 Å². The molecule has 0 saturated heterocycles. The molecule has 1 aromatic heterocycles. The van der Waals surface area contributed by atoms with Crippen molar-refractivity contribution in [2.75, 3.05) is 29.9 Å². The topological polar surface area (TPSA) is 97.8 Å². The Hall–Kier alpha value is -3.59. The summed E-state index contributed by atoms with van der Waals surface area (Å²) in [5.41, 5.74) is 0.992. The number of rotatable bonds is 9. The first kappa shape index (κ1) is 23.1. The van der Waals surface area contributed by atoms with Gasteiger partial charge in [-0.15, -0.1) is 0 Å². The van der Waals surface area contributed by atoms with Crippen LogP contribution in [0.15, 0.2) is 71.8 Å². The number of anilines is 2. The Morgan fingerprint density at radius 3 is 2.47 bits per heavy atom. The summed E-state index contributed by atoms with van der Waals surface area (Å²) in [6.45, 7) is 4.14. The molecule has 0 fully saturated rings. The zero-order valence-electron chi connectivity index (χ0n) is 18.1. The van der Waals surface area contributed by atoms with Crippen LogP contribution in [0.2, 0.25) is 0 Å². The van der Waals surface area contributed by atoms with Crippen LogP contribution in [0.5, 0.6) is 11.6 Å². The molecule has 1 heterocycles. The van der Waals surface area contributed by atoms with Gasteiger partial charge in [0, 0.05) is 12.7 Å². The molecule has 0 bridgehead atoms. The molecule has 0 aliphatic carbocycles. The predicted molar refractivity (Wildman–Crippen MR) is 123 cm³/mol. The van der Waals surface area contributed by atoms with Crippen LogP contribution in [0.4, 0.5) is 11.4 Å². The summed E-state index contributed by atoms with van der Waals surface area (Å²) in [6.07, 6.45) is 1.53. The molecular formula is C23H25N3O5S. The molecule has 3 aromatic rings. The highest BCUT2D eigenvalue weighted by Gasteiger charge is 2.25. The summed E-state index contributed by atoms with van der Waals surface area (Å²) in [5, 5.41) is 2.72. The molecule has 3 rings (SSSR count). The number of methoxy groups -OCH3 is 1. The second-order valence-electron chi connectivity index (χ2n) is 6.61. The molecule has 168 valence electrons. The first-order chi connectivity index (χ1) is 15.4. The van der Waals surface area contributed by atoms with Crippen LogP contribution in [-0.4, -0.2) is 39.6 Å². The van der Waals surface area contributed by atoms with E-state index in [1.165, 1.54) is 35.8 Å². The molecular weight excluding hydrogens is 430 g/mol. The van der Waals surface area contributed by atoms with E-state index in [1.807, 2.05) is 6.07 Å². The number of carbonyl (C=O) groups is 1. The first-order valence-corrected chi connectivity index (χ1v) is 11.5.